The Hall–Kier alpha value is -3.75. The van der Waals surface area contributed by atoms with Gasteiger partial charge in [0.1, 0.15) is 11.5 Å². The van der Waals surface area contributed by atoms with E-state index in [2.05, 4.69) is 5.32 Å². The van der Waals surface area contributed by atoms with Crippen LogP contribution in [0.4, 0.5) is 10.5 Å². The summed E-state index contributed by atoms with van der Waals surface area (Å²) in [5.41, 5.74) is 1.11. The summed E-state index contributed by atoms with van der Waals surface area (Å²) in [5.74, 6) is 0.360. The van der Waals surface area contributed by atoms with E-state index >= 15 is 0 Å². The van der Waals surface area contributed by atoms with Crippen LogP contribution in [0, 0.1) is 0 Å². The van der Waals surface area contributed by atoms with Crippen molar-refractivity contribution in [2.45, 2.75) is 6.92 Å². The zero-order chi connectivity index (χ0) is 23.1. The van der Waals surface area contributed by atoms with Gasteiger partial charge in [-0.1, -0.05) is 12.1 Å². The second kappa shape index (κ2) is 10.5. The Bertz CT molecular complexity index is 963. The number of nitrogens with one attached hydrogen (secondary N) is 1. The molecule has 9 nitrogen and oxygen atoms in total. The number of anilines is 1. The van der Waals surface area contributed by atoms with Gasteiger partial charge < -0.3 is 29.3 Å². The summed E-state index contributed by atoms with van der Waals surface area (Å²) >= 11 is 0. The number of para-hydroxylation sites is 1. The molecule has 170 valence electrons. The van der Waals surface area contributed by atoms with Gasteiger partial charge in [-0.2, -0.15) is 0 Å². The minimum Gasteiger partial charge on any atom is -0.497 e. The maximum atomic E-state index is 13.1. The summed E-state index contributed by atoms with van der Waals surface area (Å²) < 4.78 is 15.5. The molecular weight excluding hydrogens is 414 g/mol. The number of rotatable bonds is 6. The molecule has 0 saturated carbocycles. The molecule has 1 fully saturated rings. The third-order valence-corrected chi connectivity index (χ3v) is 5.11. The number of ether oxygens (including phenoxy) is 3. The largest absolute Gasteiger partial charge is 0.497 e. The van der Waals surface area contributed by atoms with E-state index in [9.17, 15) is 14.4 Å². The normalized spacial score (nSPS) is 13.3. The number of amides is 3. The average Bonchev–Trinajstić information content (AvgIpc) is 2.83. The number of benzene rings is 2. The molecule has 0 atom stereocenters. The summed E-state index contributed by atoms with van der Waals surface area (Å²) in [5, 5.41) is 2.81. The Morgan fingerprint density at radius 3 is 2.09 bits per heavy atom. The first-order chi connectivity index (χ1) is 15.5. The Kier molecular flexibility index (Phi) is 7.54. The molecule has 32 heavy (non-hydrogen) atoms. The van der Waals surface area contributed by atoms with Crippen molar-refractivity contribution in [2.24, 2.45) is 0 Å². The highest BCUT2D eigenvalue weighted by Crippen LogP contribution is 2.24. The zero-order valence-electron chi connectivity index (χ0n) is 18.4. The third-order valence-electron chi connectivity index (χ3n) is 5.11. The van der Waals surface area contributed by atoms with Crippen LogP contribution in [0.15, 0.2) is 42.5 Å². The van der Waals surface area contributed by atoms with Crippen molar-refractivity contribution in [1.82, 2.24) is 9.80 Å². The number of hydrogen-bond acceptors (Lipinski definition) is 6. The highest BCUT2D eigenvalue weighted by atomic mass is 16.6. The monoisotopic (exact) mass is 441 g/mol. The topological polar surface area (TPSA) is 97.4 Å². The standard InChI is InChI=1S/C23H27N3O6/c1-4-32-23(29)26-11-9-25(10-12-26)22(28)19-7-5-6-8-20(19)24-21(27)16-13-17(30-2)15-18(14-16)31-3/h5-8,13-15H,4,9-12H2,1-3H3,(H,24,27). The second-order valence-corrected chi connectivity index (χ2v) is 7.08. The number of carbonyl (C=O) groups excluding carboxylic acids is 3. The van der Waals surface area contributed by atoms with Gasteiger partial charge in [0.25, 0.3) is 11.8 Å². The molecule has 0 bridgehead atoms. The molecule has 9 heteroatoms. The Morgan fingerprint density at radius 2 is 1.50 bits per heavy atom. The Balaban J connectivity index is 1.73. The minimum absolute atomic E-state index is 0.215. The van der Waals surface area contributed by atoms with E-state index in [0.29, 0.717) is 61.1 Å². The summed E-state index contributed by atoms with van der Waals surface area (Å²) in [6.45, 7) is 3.61. The lowest BCUT2D eigenvalue weighted by Crippen LogP contribution is -2.50. The number of piperazine rings is 1. The first-order valence-corrected chi connectivity index (χ1v) is 10.3. The van der Waals surface area contributed by atoms with Gasteiger partial charge in [0.05, 0.1) is 32.1 Å². The van der Waals surface area contributed by atoms with Gasteiger partial charge in [-0.05, 0) is 31.2 Å². The fourth-order valence-electron chi connectivity index (χ4n) is 3.39. The lowest BCUT2D eigenvalue weighted by Gasteiger charge is -2.34. The number of nitrogens with zero attached hydrogens (tertiary/aromatic N) is 2. The van der Waals surface area contributed by atoms with Crippen molar-refractivity contribution in [2.75, 3.05) is 52.3 Å². The van der Waals surface area contributed by atoms with Gasteiger partial charge in [0.2, 0.25) is 0 Å². The molecule has 0 aliphatic carbocycles. The van der Waals surface area contributed by atoms with Crippen LogP contribution in [-0.4, -0.2) is 74.7 Å². The average molecular weight is 441 g/mol. The van der Waals surface area contributed by atoms with Crippen LogP contribution in [0.2, 0.25) is 0 Å². The molecule has 1 saturated heterocycles. The quantitative estimate of drug-likeness (QED) is 0.740. The molecule has 0 unspecified atom stereocenters. The van der Waals surface area contributed by atoms with Crippen LogP contribution in [0.1, 0.15) is 27.6 Å². The van der Waals surface area contributed by atoms with Gasteiger partial charge in [-0.15, -0.1) is 0 Å². The number of hydrogen-bond donors (Lipinski definition) is 1. The molecule has 1 aliphatic rings. The van der Waals surface area contributed by atoms with Gasteiger partial charge in [0, 0.05) is 37.8 Å². The van der Waals surface area contributed by atoms with Crippen molar-refractivity contribution < 1.29 is 28.6 Å². The summed E-state index contributed by atoms with van der Waals surface area (Å²) in [4.78, 5) is 41.1. The van der Waals surface area contributed by atoms with Crippen LogP contribution in [0.3, 0.4) is 0 Å². The predicted molar refractivity (Wildman–Crippen MR) is 118 cm³/mol. The lowest BCUT2D eigenvalue weighted by atomic mass is 10.1. The van der Waals surface area contributed by atoms with Crippen molar-refractivity contribution in [3.63, 3.8) is 0 Å². The molecule has 1 aliphatic heterocycles. The second-order valence-electron chi connectivity index (χ2n) is 7.08. The van der Waals surface area contributed by atoms with Crippen LogP contribution in [-0.2, 0) is 4.74 Å². The molecule has 3 amide bonds. The first-order valence-electron chi connectivity index (χ1n) is 10.3. The van der Waals surface area contributed by atoms with Crippen LogP contribution in [0.25, 0.3) is 0 Å². The molecule has 0 radical (unpaired) electrons. The van der Waals surface area contributed by atoms with E-state index in [-0.39, 0.29) is 12.0 Å². The van der Waals surface area contributed by atoms with E-state index in [0.717, 1.165) is 0 Å². The molecule has 3 rings (SSSR count). The maximum Gasteiger partial charge on any atom is 0.409 e. The summed E-state index contributed by atoms with van der Waals surface area (Å²) in [6, 6.07) is 11.7. The van der Waals surface area contributed by atoms with E-state index in [4.69, 9.17) is 14.2 Å². The molecule has 2 aromatic rings. The van der Waals surface area contributed by atoms with Crippen molar-refractivity contribution in [1.29, 1.82) is 0 Å². The van der Waals surface area contributed by atoms with E-state index in [1.54, 1.807) is 59.2 Å². The molecule has 1 heterocycles. The Labute approximate surface area is 186 Å². The lowest BCUT2D eigenvalue weighted by molar-refractivity contribution is 0.0571. The fourth-order valence-corrected chi connectivity index (χ4v) is 3.39. The first kappa shape index (κ1) is 22.9. The van der Waals surface area contributed by atoms with Crippen molar-refractivity contribution >= 4 is 23.6 Å². The number of carbonyl (C=O) groups is 3. The molecule has 0 aromatic heterocycles. The van der Waals surface area contributed by atoms with E-state index < -0.39 is 5.91 Å². The molecular formula is C23H27N3O6. The summed E-state index contributed by atoms with van der Waals surface area (Å²) in [7, 11) is 3.01. The van der Waals surface area contributed by atoms with Crippen molar-refractivity contribution in [3.8, 4) is 11.5 Å². The van der Waals surface area contributed by atoms with Gasteiger partial charge >= 0.3 is 6.09 Å². The van der Waals surface area contributed by atoms with E-state index in [1.807, 2.05) is 0 Å². The van der Waals surface area contributed by atoms with Crippen molar-refractivity contribution in [3.05, 3.63) is 53.6 Å². The predicted octanol–water partition coefficient (Wildman–Crippen LogP) is 2.87. The highest BCUT2D eigenvalue weighted by molar-refractivity contribution is 6.09. The molecule has 0 spiro atoms. The number of methoxy groups -OCH3 is 2. The maximum absolute atomic E-state index is 13.1. The van der Waals surface area contributed by atoms with Crippen LogP contribution in [0.5, 0.6) is 11.5 Å². The van der Waals surface area contributed by atoms with Gasteiger partial charge in [0.15, 0.2) is 0 Å². The highest BCUT2D eigenvalue weighted by Gasteiger charge is 2.27. The smallest absolute Gasteiger partial charge is 0.409 e. The van der Waals surface area contributed by atoms with Gasteiger partial charge in [-0.3, -0.25) is 9.59 Å². The van der Waals surface area contributed by atoms with Crippen LogP contribution < -0.4 is 14.8 Å². The zero-order valence-corrected chi connectivity index (χ0v) is 18.4. The molecule has 2 aromatic carbocycles. The summed E-state index contributed by atoms with van der Waals surface area (Å²) in [6.07, 6.45) is -0.374. The van der Waals surface area contributed by atoms with Gasteiger partial charge in [-0.25, -0.2) is 4.79 Å². The van der Waals surface area contributed by atoms with E-state index in [1.165, 1.54) is 14.2 Å². The molecule has 1 N–H and O–H groups in total. The minimum atomic E-state index is -0.394. The Morgan fingerprint density at radius 1 is 0.906 bits per heavy atom. The third kappa shape index (κ3) is 5.29. The fraction of sp³-hybridized carbons (Fsp3) is 0.348. The SMILES string of the molecule is CCOC(=O)N1CCN(C(=O)c2ccccc2NC(=O)c2cc(OC)cc(OC)c2)CC1. The van der Waals surface area contributed by atoms with Crippen LogP contribution >= 0.6 is 0 Å².